The molecule has 0 heterocycles. The highest BCUT2D eigenvalue weighted by molar-refractivity contribution is 6.31. The molecule has 2 aromatic carbocycles. The summed E-state index contributed by atoms with van der Waals surface area (Å²) in [4.78, 5) is 0. The van der Waals surface area contributed by atoms with Crippen LogP contribution in [0.2, 0.25) is 5.02 Å². The Kier molecular flexibility index (Phi) is 3.69. The first-order valence-corrected chi connectivity index (χ1v) is 6.08. The first kappa shape index (κ1) is 13.1. The fourth-order valence-corrected chi connectivity index (χ4v) is 2.26. The zero-order chi connectivity index (χ0) is 13.3. The van der Waals surface area contributed by atoms with Gasteiger partial charge in [0.25, 0.3) is 0 Å². The van der Waals surface area contributed by atoms with E-state index in [1.165, 1.54) is 12.1 Å². The van der Waals surface area contributed by atoms with Crippen LogP contribution in [0.5, 0.6) is 0 Å². The highest BCUT2D eigenvalue weighted by Crippen LogP contribution is 2.32. The largest absolute Gasteiger partial charge is 0.383 e. The van der Waals surface area contributed by atoms with Gasteiger partial charge in [-0.05, 0) is 42.7 Å². The van der Waals surface area contributed by atoms with Gasteiger partial charge in [-0.3, -0.25) is 0 Å². The molecule has 0 aliphatic rings. The van der Waals surface area contributed by atoms with Crippen molar-refractivity contribution in [2.45, 2.75) is 20.0 Å². The molecule has 0 radical (unpaired) electrons. The quantitative estimate of drug-likeness (QED) is 0.863. The van der Waals surface area contributed by atoms with E-state index in [0.29, 0.717) is 5.56 Å². The van der Waals surface area contributed by atoms with Crippen LogP contribution in [0.4, 0.5) is 4.39 Å². The molecule has 0 amide bonds. The standard InChI is InChI=1S/C15H14ClFO/c1-9-5-3-6-11(10(9)2)15(18)14-12(16)7-4-8-13(14)17/h3-8,15,18H,1-2H3. The topological polar surface area (TPSA) is 20.2 Å². The molecule has 0 spiro atoms. The van der Waals surface area contributed by atoms with E-state index in [0.717, 1.165) is 11.1 Å². The predicted octanol–water partition coefficient (Wildman–Crippen LogP) is 4.18. The summed E-state index contributed by atoms with van der Waals surface area (Å²) in [5.41, 5.74) is 2.82. The second kappa shape index (κ2) is 5.09. The van der Waals surface area contributed by atoms with E-state index in [4.69, 9.17) is 11.6 Å². The Morgan fingerprint density at radius 1 is 1.11 bits per heavy atom. The lowest BCUT2D eigenvalue weighted by atomic mass is 9.94. The lowest BCUT2D eigenvalue weighted by molar-refractivity contribution is 0.214. The van der Waals surface area contributed by atoms with Gasteiger partial charge >= 0.3 is 0 Å². The summed E-state index contributed by atoms with van der Waals surface area (Å²) >= 11 is 5.97. The normalized spacial score (nSPS) is 12.5. The SMILES string of the molecule is Cc1cccc(C(O)c2c(F)cccc2Cl)c1C. The van der Waals surface area contributed by atoms with E-state index in [1.807, 2.05) is 26.0 Å². The highest BCUT2D eigenvalue weighted by Gasteiger charge is 2.20. The van der Waals surface area contributed by atoms with Crippen molar-refractivity contribution in [1.29, 1.82) is 0 Å². The van der Waals surface area contributed by atoms with E-state index in [1.54, 1.807) is 12.1 Å². The average Bonchev–Trinajstić information content (AvgIpc) is 2.32. The summed E-state index contributed by atoms with van der Waals surface area (Å²) in [5.74, 6) is -0.490. The van der Waals surface area contributed by atoms with Crippen LogP contribution in [0, 0.1) is 19.7 Å². The van der Waals surface area contributed by atoms with Crippen LogP contribution in [0.3, 0.4) is 0 Å². The van der Waals surface area contributed by atoms with Crippen molar-refractivity contribution in [2.24, 2.45) is 0 Å². The lowest BCUT2D eigenvalue weighted by Crippen LogP contribution is -2.06. The smallest absolute Gasteiger partial charge is 0.130 e. The van der Waals surface area contributed by atoms with E-state index < -0.39 is 11.9 Å². The van der Waals surface area contributed by atoms with Gasteiger partial charge in [-0.25, -0.2) is 4.39 Å². The lowest BCUT2D eigenvalue weighted by Gasteiger charge is -2.17. The Hall–Kier alpha value is -1.38. The van der Waals surface area contributed by atoms with Crippen molar-refractivity contribution < 1.29 is 9.50 Å². The van der Waals surface area contributed by atoms with E-state index in [2.05, 4.69) is 0 Å². The molecule has 2 aromatic rings. The van der Waals surface area contributed by atoms with Crippen molar-refractivity contribution in [3.8, 4) is 0 Å². The Morgan fingerprint density at radius 3 is 2.44 bits per heavy atom. The van der Waals surface area contributed by atoms with Crippen molar-refractivity contribution >= 4 is 11.6 Å². The van der Waals surface area contributed by atoms with Crippen molar-refractivity contribution in [2.75, 3.05) is 0 Å². The molecule has 1 nitrogen and oxygen atoms in total. The summed E-state index contributed by atoms with van der Waals surface area (Å²) < 4.78 is 13.8. The Balaban J connectivity index is 2.55. The van der Waals surface area contributed by atoms with Gasteiger partial charge in [0, 0.05) is 10.6 Å². The van der Waals surface area contributed by atoms with Gasteiger partial charge in [0.15, 0.2) is 0 Å². The molecule has 1 N–H and O–H groups in total. The Bertz CT molecular complexity index is 560. The second-order valence-corrected chi connectivity index (χ2v) is 4.73. The van der Waals surface area contributed by atoms with Gasteiger partial charge in [0.2, 0.25) is 0 Å². The highest BCUT2D eigenvalue weighted by atomic mass is 35.5. The fourth-order valence-electron chi connectivity index (χ4n) is 2.00. The molecule has 1 unspecified atom stereocenters. The fraction of sp³-hybridized carbons (Fsp3) is 0.200. The number of aliphatic hydroxyl groups excluding tert-OH is 1. The van der Waals surface area contributed by atoms with E-state index in [-0.39, 0.29) is 10.6 Å². The Morgan fingerprint density at radius 2 is 1.78 bits per heavy atom. The average molecular weight is 265 g/mol. The maximum absolute atomic E-state index is 13.8. The minimum atomic E-state index is -1.04. The molecule has 1 atom stereocenters. The molecule has 0 aromatic heterocycles. The van der Waals surface area contributed by atoms with Gasteiger partial charge in [-0.2, -0.15) is 0 Å². The molecule has 0 saturated carbocycles. The molecule has 0 bridgehead atoms. The van der Waals surface area contributed by atoms with Gasteiger partial charge in [-0.15, -0.1) is 0 Å². The zero-order valence-electron chi connectivity index (χ0n) is 10.2. The molecular weight excluding hydrogens is 251 g/mol. The summed E-state index contributed by atoms with van der Waals surface area (Å²) in [6.07, 6.45) is -1.04. The monoisotopic (exact) mass is 264 g/mol. The number of hydrogen-bond donors (Lipinski definition) is 1. The third-order valence-corrected chi connectivity index (χ3v) is 3.54. The third-order valence-electron chi connectivity index (χ3n) is 3.21. The number of hydrogen-bond acceptors (Lipinski definition) is 1. The van der Waals surface area contributed by atoms with Gasteiger partial charge in [0.1, 0.15) is 11.9 Å². The molecule has 2 rings (SSSR count). The molecule has 18 heavy (non-hydrogen) atoms. The van der Waals surface area contributed by atoms with Crippen LogP contribution in [-0.2, 0) is 0 Å². The van der Waals surface area contributed by atoms with Crippen LogP contribution < -0.4 is 0 Å². The number of rotatable bonds is 2. The predicted molar refractivity (Wildman–Crippen MR) is 71.4 cm³/mol. The minimum Gasteiger partial charge on any atom is -0.383 e. The van der Waals surface area contributed by atoms with E-state index in [9.17, 15) is 9.50 Å². The first-order valence-electron chi connectivity index (χ1n) is 5.70. The van der Waals surface area contributed by atoms with Gasteiger partial charge < -0.3 is 5.11 Å². The summed E-state index contributed by atoms with van der Waals surface area (Å²) in [6, 6.07) is 9.99. The molecule has 0 saturated heterocycles. The minimum absolute atomic E-state index is 0.132. The maximum Gasteiger partial charge on any atom is 0.130 e. The van der Waals surface area contributed by atoms with Gasteiger partial charge in [0.05, 0.1) is 0 Å². The molecule has 0 fully saturated rings. The Labute approximate surface area is 111 Å². The van der Waals surface area contributed by atoms with Crippen molar-refractivity contribution in [3.05, 3.63) is 69.5 Å². The maximum atomic E-state index is 13.8. The summed E-state index contributed by atoms with van der Waals surface area (Å²) in [5, 5.41) is 10.6. The molecule has 94 valence electrons. The summed E-state index contributed by atoms with van der Waals surface area (Å²) in [7, 11) is 0. The molecule has 3 heteroatoms. The second-order valence-electron chi connectivity index (χ2n) is 4.33. The molecular formula is C15H14ClFO. The molecule has 0 aliphatic carbocycles. The number of halogens is 2. The van der Waals surface area contributed by atoms with Crippen LogP contribution >= 0.6 is 11.6 Å². The zero-order valence-corrected chi connectivity index (χ0v) is 11.0. The third kappa shape index (κ3) is 2.26. The van der Waals surface area contributed by atoms with Crippen molar-refractivity contribution in [1.82, 2.24) is 0 Å². The van der Waals surface area contributed by atoms with Crippen LogP contribution in [0.1, 0.15) is 28.4 Å². The van der Waals surface area contributed by atoms with Crippen LogP contribution in [0.15, 0.2) is 36.4 Å². The van der Waals surface area contributed by atoms with Crippen molar-refractivity contribution in [3.63, 3.8) is 0 Å². The van der Waals surface area contributed by atoms with E-state index >= 15 is 0 Å². The number of aryl methyl sites for hydroxylation is 1. The van der Waals surface area contributed by atoms with Crippen LogP contribution in [0.25, 0.3) is 0 Å². The van der Waals surface area contributed by atoms with Crippen LogP contribution in [-0.4, -0.2) is 5.11 Å². The summed E-state index contributed by atoms with van der Waals surface area (Å²) in [6.45, 7) is 3.86. The molecule has 0 aliphatic heterocycles. The number of aliphatic hydroxyl groups is 1. The van der Waals surface area contributed by atoms with Gasteiger partial charge in [-0.1, -0.05) is 35.9 Å². The number of benzene rings is 2. The first-order chi connectivity index (χ1) is 8.52.